The Morgan fingerprint density at radius 3 is 2.36 bits per heavy atom. The van der Waals surface area contributed by atoms with Crippen molar-refractivity contribution >= 4 is 28.8 Å². The van der Waals surface area contributed by atoms with Crippen molar-refractivity contribution in [1.82, 2.24) is 15.2 Å². The largest absolute Gasteiger partial charge is 0.508 e. The highest BCUT2D eigenvalue weighted by atomic mass is 16.5. The van der Waals surface area contributed by atoms with Crippen LogP contribution in [0.15, 0.2) is 91.0 Å². The Morgan fingerprint density at radius 1 is 0.897 bits per heavy atom. The van der Waals surface area contributed by atoms with E-state index in [-0.39, 0.29) is 37.6 Å². The second-order valence-electron chi connectivity index (χ2n) is 9.04. The summed E-state index contributed by atoms with van der Waals surface area (Å²) >= 11 is 0. The lowest BCUT2D eigenvalue weighted by Gasteiger charge is -2.30. The fourth-order valence-electron chi connectivity index (χ4n) is 4.17. The van der Waals surface area contributed by atoms with Crippen LogP contribution in [0.3, 0.4) is 0 Å². The third kappa shape index (κ3) is 7.54. The van der Waals surface area contributed by atoms with E-state index in [1.807, 2.05) is 54.6 Å². The summed E-state index contributed by atoms with van der Waals surface area (Å²) in [5.74, 6) is -1.04. The van der Waals surface area contributed by atoms with Gasteiger partial charge in [0, 0.05) is 18.5 Å². The maximum atomic E-state index is 13.7. The number of hydrogen-bond acceptors (Lipinski definition) is 6. The second-order valence-corrected chi connectivity index (χ2v) is 9.04. The number of primary amides is 1. The number of ether oxygens (including phenoxy) is 1. The van der Waals surface area contributed by atoms with E-state index in [2.05, 4.69) is 10.3 Å². The molecule has 0 aliphatic heterocycles. The molecule has 0 radical (unpaired) electrons. The molecule has 0 aliphatic carbocycles. The van der Waals surface area contributed by atoms with Crippen molar-refractivity contribution in [3.05, 3.63) is 108 Å². The Balaban J connectivity index is 1.45. The Hall–Kier alpha value is -4.92. The zero-order valence-electron chi connectivity index (χ0n) is 21.3. The molecule has 39 heavy (non-hydrogen) atoms. The lowest BCUT2D eigenvalue weighted by molar-refractivity contribution is -0.122. The van der Waals surface area contributed by atoms with Gasteiger partial charge >= 0.3 is 6.09 Å². The highest BCUT2D eigenvalue weighted by Gasteiger charge is 2.30. The summed E-state index contributed by atoms with van der Waals surface area (Å²) in [6.07, 6.45) is 0.0106. The maximum Gasteiger partial charge on any atom is 0.407 e. The van der Waals surface area contributed by atoms with E-state index in [1.165, 1.54) is 17.0 Å². The highest BCUT2D eigenvalue weighted by Crippen LogP contribution is 2.20. The van der Waals surface area contributed by atoms with Crippen LogP contribution in [0, 0.1) is 0 Å². The number of rotatable bonds is 11. The van der Waals surface area contributed by atoms with Crippen LogP contribution in [-0.2, 0) is 22.7 Å². The number of para-hydroxylation sites is 1. The van der Waals surface area contributed by atoms with Crippen LogP contribution in [0.5, 0.6) is 5.75 Å². The number of phenols is 1. The number of carbonyl (C=O) groups is 3. The zero-order valence-corrected chi connectivity index (χ0v) is 21.3. The molecule has 200 valence electrons. The molecule has 4 aromatic rings. The van der Waals surface area contributed by atoms with Crippen molar-refractivity contribution in [1.29, 1.82) is 0 Å². The van der Waals surface area contributed by atoms with Crippen LogP contribution in [0.2, 0.25) is 0 Å². The summed E-state index contributed by atoms with van der Waals surface area (Å²) in [5, 5.41) is 13.2. The Bertz CT molecular complexity index is 1430. The van der Waals surface area contributed by atoms with Gasteiger partial charge in [0.1, 0.15) is 24.1 Å². The molecule has 0 unspecified atom stereocenters. The number of amides is 3. The summed E-state index contributed by atoms with van der Waals surface area (Å²) in [5.41, 5.74) is 8.18. The monoisotopic (exact) mass is 526 g/mol. The first-order valence-corrected chi connectivity index (χ1v) is 12.6. The Labute approximate surface area is 226 Å². The molecule has 0 aliphatic rings. The van der Waals surface area contributed by atoms with Gasteiger partial charge in [-0.1, -0.05) is 66.7 Å². The van der Waals surface area contributed by atoms with Gasteiger partial charge in [-0.25, -0.2) is 9.78 Å². The maximum absolute atomic E-state index is 13.7. The fourth-order valence-corrected chi connectivity index (χ4v) is 4.17. The summed E-state index contributed by atoms with van der Waals surface area (Å²) in [6, 6.07) is 25.6. The van der Waals surface area contributed by atoms with Crippen LogP contribution in [0.25, 0.3) is 10.9 Å². The molecule has 9 heteroatoms. The van der Waals surface area contributed by atoms with E-state index in [9.17, 15) is 19.5 Å². The zero-order chi connectivity index (χ0) is 27.6. The van der Waals surface area contributed by atoms with Gasteiger partial charge in [-0.3, -0.25) is 9.59 Å². The predicted molar refractivity (Wildman–Crippen MR) is 147 cm³/mol. The van der Waals surface area contributed by atoms with Crippen molar-refractivity contribution in [2.75, 3.05) is 6.54 Å². The van der Waals surface area contributed by atoms with Gasteiger partial charge < -0.3 is 25.8 Å². The molecule has 0 saturated carbocycles. The lowest BCUT2D eigenvalue weighted by Crippen LogP contribution is -2.48. The number of hydrogen-bond donors (Lipinski definition) is 3. The van der Waals surface area contributed by atoms with E-state index in [0.29, 0.717) is 17.5 Å². The number of fused-ring (bicyclic) bond motifs is 1. The molecule has 0 bridgehead atoms. The molecule has 9 nitrogen and oxygen atoms in total. The average Bonchev–Trinajstić information content (AvgIpc) is 2.96. The topological polar surface area (TPSA) is 135 Å². The van der Waals surface area contributed by atoms with Crippen LogP contribution in [0.4, 0.5) is 4.79 Å². The van der Waals surface area contributed by atoms with Gasteiger partial charge in [0.15, 0.2) is 0 Å². The normalized spacial score (nSPS) is 11.5. The van der Waals surface area contributed by atoms with Crippen LogP contribution >= 0.6 is 0 Å². The van der Waals surface area contributed by atoms with E-state index < -0.39 is 23.9 Å². The van der Waals surface area contributed by atoms with Gasteiger partial charge in [-0.15, -0.1) is 0 Å². The number of benzene rings is 3. The van der Waals surface area contributed by atoms with E-state index in [4.69, 9.17) is 10.5 Å². The molecule has 3 aromatic carbocycles. The molecule has 3 amide bonds. The van der Waals surface area contributed by atoms with E-state index >= 15 is 0 Å². The van der Waals surface area contributed by atoms with Crippen LogP contribution < -0.4 is 11.1 Å². The quantitative estimate of drug-likeness (QED) is 0.251. The average molecular weight is 527 g/mol. The molecular formula is C30H30N4O5. The Kier molecular flexibility index (Phi) is 9.07. The van der Waals surface area contributed by atoms with Crippen molar-refractivity contribution < 1.29 is 24.2 Å². The van der Waals surface area contributed by atoms with Gasteiger partial charge in [-0.2, -0.15) is 0 Å². The first kappa shape index (κ1) is 27.1. The van der Waals surface area contributed by atoms with Gasteiger partial charge in [0.05, 0.1) is 5.52 Å². The first-order valence-electron chi connectivity index (χ1n) is 12.6. The third-order valence-corrected chi connectivity index (χ3v) is 6.21. The van der Waals surface area contributed by atoms with E-state index in [1.54, 1.807) is 24.3 Å². The summed E-state index contributed by atoms with van der Waals surface area (Å²) in [4.78, 5) is 44.2. The minimum absolute atomic E-state index is 0.0772. The van der Waals surface area contributed by atoms with Gasteiger partial charge in [-0.05, 0) is 48.2 Å². The van der Waals surface area contributed by atoms with Gasteiger partial charge in [0.2, 0.25) is 5.91 Å². The first-order chi connectivity index (χ1) is 18.9. The number of pyridine rings is 1. The summed E-state index contributed by atoms with van der Waals surface area (Å²) in [6.45, 7) is 0.449. The van der Waals surface area contributed by atoms with Crippen molar-refractivity contribution in [2.24, 2.45) is 5.73 Å². The van der Waals surface area contributed by atoms with Crippen LogP contribution in [-0.4, -0.2) is 45.5 Å². The molecule has 1 aromatic heterocycles. The number of aromatic nitrogens is 1. The number of nitrogens with two attached hydrogens (primary N) is 1. The molecular weight excluding hydrogens is 496 g/mol. The highest BCUT2D eigenvalue weighted by molar-refractivity contribution is 5.97. The molecule has 4 rings (SSSR count). The number of nitrogens with zero attached hydrogens (tertiary/aromatic N) is 2. The number of aromatic hydroxyl groups is 1. The minimum Gasteiger partial charge on any atom is -0.508 e. The lowest BCUT2D eigenvalue weighted by atomic mass is 10.1. The molecule has 4 N–H and O–H groups in total. The summed E-state index contributed by atoms with van der Waals surface area (Å²) < 4.78 is 5.21. The molecule has 0 fully saturated rings. The number of carbonyl (C=O) groups excluding carboxylic acids is 3. The molecule has 1 heterocycles. The van der Waals surface area contributed by atoms with E-state index in [0.717, 1.165) is 10.9 Å². The van der Waals surface area contributed by atoms with Crippen LogP contribution in [0.1, 0.15) is 34.5 Å². The van der Waals surface area contributed by atoms with Crippen molar-refractivity contribution in [2.45, 2.75) is 32.0 Å². The minimum atomic E-state index is -0.957. The molecule has 1 atom stereocenters. The molecule has 0 spiro atoms. The van der Waals surface area contributed by atoms with Crippen molar-refractivity contribution in [3.8, 4) is 5.75 Å². The summed E-state index contributed by atoms with van der Waals surface area (Å²) in [7, 11) is 0. The number of nitrogens with one attached hydrogen (secondary N) is 1. The van der Waals surface area contributed by atoms with Crippen molar-refractivity contribution in [3.63, 3.8) is 0 Å². The number of phenolic OH excluding ortho intramolecular Hbond substituents is 1. The molecule has 0 saturated heterocycles. The number of alkyl carbamates (subject to hydrolysis) is 1. The van der Waals surface area contributed by atoms with Gasteiger partial charge in [0.25, 0.3) is 5.91 Å². The third-order valence-electron chi connectivity index (χ3n) is 6.21. The standard InChI is InChI=1S/C30H30N4O5/c31-28(36)27(11-6-18-32-30(38)39-20-22-7-2-1-3-8-22)34(19-21-12-15-24(35)16-13-21)29(37)26-17-14-23-9-4-5-10-25(23)33-26/h1-5,7-10,12-17,27,35H,6,11,18-20H2,(H2,31,36)(H,32,38)/t27-/m1/s1. The fraction of sp³-hybridized carbons (Fsp3) is 0.200. The smallest absolute Gasteiger partial charge is 0.407 e. The SMILES string of the molecule is NC(=O)[C@@H](CCCNC(=O)OCc1ccccc1)N(Cc1ccc(O)cc1)C(=O)c1ccc2ccccc2n1. The predicted octanol–water partition coefficient (Wildman–Crippen LogP) is 4.14. The second kappa shape index (κ2) is 13.0. The Morgan fingerprint density at radius 2 is 1.62 bits per heavy atom.